The molecule has 0 spiro atoms. The lowest BCUT2D eigenvalue weighted by Gasteiger charge is -2.36. The van der Waals surface area contributed by atoms with Crippen LogP contribution in [0.3, 0.4) is 0 Å². The van der Waals surface area contributed by atoms with Gasteiger partial charge in [0.15, 0.2) is 0 Å². The summed E-state index contributed by atoms with van der Waals surface area (Å²) in [6.45, 7) is 6.10. The fourth-order valence-corrected chi connectivity index (χ4v) is 3.41. The van der Waals surface area contributed by atoms with Gasteiger partial charge in [-0.15, -0.1) is 0 Å². The second-order valence-electron chi connectivity index (χ2n) is 6.71. The maximum atomic E-state index is 12.5. The summed E-state index contributed by atoms with van der Waals surface area (Å²) in [6.07, 6.45) is 3.74. The monoisotopic (exact) mass is 295 g/mol. The van der Waals surface area contributed by atoms with Gasteiger partial charge in [0.25, 0.3) is 0 Å². The lowest BCUT2D eigenvalue weighted by atomic mass is 10.1. The van der Waals surface area contributed by atoms with E-state index in [1.807, 2.05) is 9.80 Å². The van der Waals surface area contributed by atoms with Crippen LogP contribution in [0.25, 0.3) is 0 Å². The summed E-state index contributed by atoms with van der Waals surface area (Å²) in [5.74, 6) is 0.271. The van der Waals surface area contributed by atoms with Crippen molar-refractivity contribution in [1.82, 2.24) is 14.7 Å². The van der Waals surface area contributed by atoms with Crippen LogP contribution in [0, 0.1) is 11.8 Å². The molecular weight excluding hydrogens is 270 g/mol. The van der Waals surface area contributed by atoms with E-state index >= 15 is 0 Å². The summed E-state index contributed by atoms with van der Waals surface area (Å²) in [7, 11) is 0. The summed E-state index contributed by atoms with van der Waals surface area (Å²) in [5, 5.41) is 8.83. The van der Waals surface area contributed by atoms with Crippen molar-refractivity contribution < 1.29 is 14.7 Å². The molecule has 2 saturated heterocycles. The zero-order valence-electron chi connectivity index (χ0n) is 12.5. The first-order chi connectivity index (χ1) is 10.1. The predicted octanol–water partition coefficient (Wildman–Crippen LogP) is 0.931. The third-order valence-corrected chi connectivity index (χ3v) is 4.88. The van der Waals surface area contributed by atoms with Crippen LogP contribution >= 0.6 is 0 Å². The number of urea groups is 1. The fraction of sp³-hybridized carbons (Fsp3) is 0.867. The number of piperazine rings is 1. The Bertz CT molecular complexity index is 403. The lowest BCUT2D eigenvalue weighted by molar-refractivity contribution is -0.138. The van der Waals surface area contributed by atoms with Gasteiger partial charge in [0.2, 0.25) is 0 Å². The summed E-state index contributed by atoms with van der Waals surface area (Å²) in [6, 6.07) is 0.106. The highest BCUT2D eigenvalue weighted by Gasteiger charge is 2.32. The summed E-state index contributed by atoms with van der Waals surface area (Å²) in [5.41, 5.74) is 0. The molecule has 21 heavy (non-hydrogen) atoms. The van der Waals surface area contributed by atoms with Gasteiger partial charge in [-0.2, -0.15) is 0 Å². The molecule has 118 valence electrons. The zero-order valence-corrected chi connectivity index (χ0v) is 12.5. The minimum Gasteiger partial charge on any atom is -0.481 e. The third kappa shape index (κ3) is 3.87. The smallest absolute Gasteiger partial charge is 0.320 e. The number of nitrogens with zero attached hydrogens (tertiary/aromatic N) is 3. The Labute approximate surface area is 125 Å². The van der Waals surface area contributed by atoms with Crippen LogP contribution in [0.2, 0.25) is 0 Å². The Morgan fingerprint density at radius 1 is 0.905 bits per heavy atom. The van der Waals surface area contributed by atoms with Crippen LogP contribution in [-0.2, 0) is 4.79 Å². The number of hydrogen-bond donors (Lipinski definition) is 1. The molecule has 1 saturated carbocycles. The van der Waals surface area contributed by atoms with E-state index in [0.717, 1.165) is 38.5 Å². The number of carbonyl (C=O) groups excluding carboxylic acids is 1. The quantitative estimate of drug-likeness (QED) is 0.838. The summed E-state index contributed by atoms with van der Waals surface area (Å²) < 4.78 is 0. The van der Waals surface area contributed by atoms with E-state index in [1.165, 1.54) is 19.4 Å². The van der Waals surface area contributed by atoms with Crippen LogP contribution in [0.5, 0.6) is 0 Å². The molecule has 1 unspecified atom stereocenters. The van der Waals surface area contributed by atoms with E-state index in [9.17, 15) is 9.59 Å². The highest BCUT2D eigenvalue weighted by atomic mass is 16.4. The molecule has 0 bridgehead atoms. The van der Waals surface area contributed by atoms with Crippen LogP contribution in [0.15, 0.2) is 0 Å². The van der Waals surface area contributed by atoms with Crippen molar-refractivity contribution in [1.29, 1.82) is 0 Å². The van der Waals surface area contributed by atoms with Crippen molar-refractivity contribution >= 4 is 12.0 Å². The highest BCUT2D eigenvalue weighted by molar-refractivity contribution is 5.75. The van der Waals surface area contributed by atoms with Gasteiger partial charge in [-0.3, -0.25) is 9.69 Å². The molecule has 6 nitrogen and oxygen atoms in total. The molecule has 2 aliphatic heterocycles. The normalized spacial score (nSPS) is 27.1. The Morgan fingerprint density at radius 3 is 2.24 bits per heavy atom. The summed E-state index contributed by atoms with van der Waals surface area (Å²) in [4.78, 5) is 29.4. The van der Waals surface area contributed by atoms with Gasteiger partial charge in [0.1, 0.15) is 0 Å². The first-order valence-electron chi connectivity index (χ1n) is 8.10. The standard InChI is InChI=1S/C15H25N3O3/c19-14(20)9-13-3-4-18(11-13)15(21)17-7-5-16(6-8-17)10-12-1-2-12/h12-13H,1-11H2,(H,19,20). The maximum Gasteiger partial charge on any atom is 0.320 e. The minimum atomic E-state index is -0.761. The molecule has 3 aliphatic rings. The van der Waals surface area contributed by atoms with Crippen molar-refractivity contribution in [2.75, 3.05) is 45.8 Å². The minimum absolute atomic E-state index is 0.106. The van der Waals surface area contributed by atoms with Crippen LogP contribution in [0.1, 0.15) is 25.7 Å². The lowest BCUT2D eigenvalue weighted by Crippen LogP contribution is -2.52. The largest absolute Gasteiger partial charge is 0.481 e. The number of amides is 2. The van der Waals surface area contributed by atoms with E-state index in [1.54, 1.807) is 0 Å². The third-order valence-electron chi connectivity index (χ3n) is 4.88. The van der Waals surface area contributed by atoms with Gasteiger partial charge in [0, 0.05) is 52.2 Å². The second kappa shape index (κ2) is 6.22. The Morgan fingerprint density at radius 2 is 1.62 bits per heavy atom. The maximum absolute atomic E-state index is 12.5. The number of rotatable bonds is 4. The molecule has 6 heteroatoms. The number of aliphatic carboxylic acids is 1. The molecule has 0 aromatic carbocycles. The molecule has 2 heterocycles. The average molecular weight is 295 g/mol. The highest BCUT2D eigenvalue weighted by Crippen LogP contribution is 2.30. The zero-order chi connectivity index (χ0) is 14.8. The van der Waals surface area contributed by atoms with Crippen LogP contribution in [0.4, 0.5) is 4.79 Å². The molecule has 0 aromatic rings. The van der Waals surface area contributed by atoms with Gasteiger partial charge in [-0.1, -0.05) is 0 Å². The first kappa shape index (κ1) is 14.6. The van der Waals surface area contributed by atoms with Gasteiger partial charge in [-0.05, 0) is 31.1 Å². The van der Waals surface area contributed by atoms with Gasteiger partial charge in [0.05, 0.1) is 0 Å². The van der Waals surface area contributed by atoms with E-state index in [2.05, 4.69) is 4.90 Å². The van der Waals surface area contributed by atoms with E-state index in [-0.39, 0.29) is 18.4 Å². The molecule has 3 fully saturated rings. The second-order valence-corrected chi connectivity index (χ2v) is 6.71. The van der Waals surface area contributed by atoms with E-state index in [0.29, 0.717) is 13.1 Å². The van der Waals surface area contributed by atoms with E-state index in [4.69, 9.17) is 5.11 Å². The SMILES string of the molecule is O=C(O)CC1CCN(C(=O)N2CCN(CC3CC3)CC2)C1. The van der Waals surface area contributed by atoms with Crippen LogP contribution in [-0.4, -0.2) is 77.6 Å². The molecule has 3 rings (SSSR count). The Balaban J connectivity index is 1.42. The number of carboxylic acid groups (broad SMARTS) is 1. The Kier molecular flexibility index (Phi) is 4.33. The number of hydrogen-bond acceptors (Lipinski definition) is 3. The van der Waals surface area contributed by atoms with Crippen molar-refractivity contribution in [3.63, 3.8) is 0 Å². The molecule has 1 N–H and O–H groups in total. The molecule has 0 radical (unpaired) electrons. The summed E-state index contributed by atoms with van der Waals surface area (Å²) >= 11 is 0. The van der Waals surface area contributed by atoms with Gasteiger partial charge >= 0.3 is 12.0 Å². The van der Waals surface area contributed by atoms with Gasteiger partial charge in [-0.25, -0.2) is 4.79 Å². The molecular formula is C15H25N3O3. The van der Waals surface area contributed by atoms with Gasteiger partial charge < -0.3 is 14.9 Å². The number of carboxylic acids is 1. The van der Waals surface area contributed by atoms with Crippen molar-refractivity contribution in [2.45, 2.75) is 25.7 Å². The van der Waals surface area contributed by atoms with Crippen molar-refractivity contribution in [3.8, 4) is 0 Å². The molecule has 2 amide bonds. The molecule has 0 aromatic heterocycles. The first-order valence-corrected chi connectivity index (χ1v) is 8.10. The number of carbonyl (C=O) groups is 2. The van der Waals surface area contributed by atoms with Crippen molar-refractivity contribution in [2.24, 2.45) is 11.8 Å². The Hall–Kier alpha value is -1.30. The fourth-order valence-electron chi connectivity index (χ4n) is 3.41. The predicted molar refractivity (Wildman–Crippen MR) is 78.1 cm³/mol. The van der Waals surface area contributed by atoms with Crippen molar-refractivity contribution in [3.05, 3.63) is 0 Å². The number of likely N-dealkylation sites (tertiary alicyclic amines) is 1. The molecule has 1 aliphatic carbocycles. The van der Waals surface area contributed by atoms with Crippen LogP contribution < -0.4 is 0 Å². The molecule has 1 atom stereocenters. The van der Waals surface area contributed by atoms with E-state index < -0.39 is 5.97 Å². The average Bonchev–Trinajstić information content (AvgIpc) is 3.15. The topological polar surface area (TPSA) is 64.1 Å².